The van der Waals surface area contributed by atoms with E-state index in [0.29, 0.717) is 5.56 Å². The van der Waals surface area contributed by atoms with Crippen molar-refractivity contribution in [1.82, 2.24) is 25.1 Å². The number of ether oxygens (including phenoxy) is 2. The third kappa shape index (κ3) is 7.89. The topological polar surface area (TPSA) is 151 Å². The van der Waals surface area contributed by atoms with E-state index in [9.17, 15) is 24.3 Å². The molecule has 0 aliphatic carbocycles. The van der Waals surface area contributed by atoms with Crippen molar-refractivity contribution >= 4 is 23.9 Å². The van der Waals surface area contributed by atoms with Crippen LogP contribution in [0.2, 0.25) is 0 Å². The molecule has 38 heavy (non-hydrogen) atoms. The predicted molar refractivity (Wildman–Crippen MR) is 137 cm³/mol. The highest BCUT2D eigenvalue weighted by molar-refractivity contribution is 5.96. The van der Waals surface area contributed by atoms with Gasteiger partial charge in [0.05, 0.1) is 12.7 Å². The van der Waals surface area contributed by atoms with Gasteiger partial charge in [0.15, 0.2) is 5.82 Å². The second kappa shape index (κ2) is 13.4. The Morgan fingerprint density at radius 2 is 1.68 bits per heavy atom. The van der Waals surface area contributed by atoms with Crippen LogP contribution in [0.3, 0.4) is 0 Å². The average molecular weight is 528 g/mol. The Labute approximate surface area is 220 Å². The van der Waals surface area contributed by atoms with Crippen LogP contribution in [-0.4, -0.2) is 93.7 Å². The van der Waals surface area contributed by atoms with E-state index in [2.05, 4.69) is 15.3 Å². The van der Waals surface area contributed by atoms with E-state index < -0.39 is 29.9 Å². The third-order valence-corrected chi connectivity index (χ3v) is 5.69. The standard InChI is InChI=1S/C26H33N5O7/c1-4-37-26(36)31-14-12-30(13-15-31)25(35)19(10-11-22(32)33)28-24(34)20-16-21(38-17(2)3)29-23(27-20)18-8-6-5-7-9-18/h5-9,16-17,19H,4,10-15H2,1-3H3,(H,28,34)(H,32,33). The number of aliphatic carboxylic acids is 1. The first-order valence-corrected chi connectivity index (χ1v) is 12.5. The van der Waals surface area contributed by atoms with Gasteiger partial charge in [0.2, 0.25) is 11.8 Å². The number of piperazine rings is 1. The molecule has 3 rings (SSSR count). The largest absolute Gasteiger partial charge is 0.481 e. The van der Waals surface area contributed by atoms with Crippen LogP contribution in [0.5, 0.6) is 5.88 Å². The molecule has 204 valence electrons. The van der Waals surface area contributed by atoms with Crippen LogP contribution in [0.4, 0.5) is 4.79 Å². The van der Waals surface area contributed by atoms with Gasteiger partial charge in [0.25, 0.3) is 5.91 Å². The molecule has 1 atom stereocenters. The summed E-state index contributed by atoms with van der Waals surface area (Å²) < 4.78 is 10.7. The van der Waals surface area contributed by atoms with Crippen LogP contribution < -0.4 is 10.1 Å². The maximum Gasteiger partial charge on any atom is 0.409 e. The summed E-state index contributed by atoms with van der Waals surface area (Å²) in [6, 6.07) is 9.36. The molecule has 2 aromatic rings. The van der Waals surface area contributed by atoms with Gasteiger partial charge >= 0.3 is 12.1 Å². The SMILES string of the molecule is CCOC(=O)N1CCN(C(=O)C(CCC(=O)O)NC(=O)c2cc(OC(C)C)nc(-c3ccccc3)n2)CC1. The molecule has 1 aliphatic heterocycles. The van der Waals surface area contributed by atoms with E-state index in [1.807, 2.05) is 32.0 Å². The summed E-state index contributed by atoms with van der Waals surface area (Å²) in [5, 5.41) is 11.9. The minimum atomic E-state index is -1.10. The molecule has 1 fully saturated rings. The molecule has 0 spiro atoms. The fraction of sp³-hybridized carbons (Fsp3) is 0.462. The van der Waals surface area contributed by atoms with Crippen LogP contribution in [-0.2, 0) is 14.3 Å². The highest BCUT2D eigenvalue weighted by atomic mass is 16.6. The van der Waals surface area contributed by atoms with Crippen LogP contribution in [0.1, 0.15) is 44.1 Å². The molecule has 0 saturated carbocycles. The molecule has 1 aliphatic rings. The first kappa shape index (κ1) is 28.4. The van der Waals surface area contributed by atoms with E-state index >= 15 is 0 Å². The minimum absolute atomic E-state index is 0.0187. The number of benzene rings is 1. The lowest BCUT2D eigenvalue weighted by Gasteiger charge is -2.35. The molecule has 2 heterocycles. The number of carboxylic acid groups (broad SMARTS) is 1. The lowest BCUT2D eigenvalue weighted by atomic mass is 10.1. The number of nitrogens with zero attached hydrogens (tertiary/aromatic N) is 4. The number of carbonyl (C=O) groups is 4. The summed E-state index contributed by atoms with van der Waals surface area (Å²) in [6.07, 6.45) is -1.08. The molecule has 12 heteroatoms. The van der Waals surface area contributed by atoms with Gasteiger partial charge in [-0.05, 0) is 27.2 Å². The molecule has 0 bridgehead atoms. The summed E-state index contributed by atoms with van der Waals surface area (Å²) >= 11 is 0. The number of rotatable bonds is 10. The lowest BCUT2D eigenvalue weighted by Crippen LogP contribution is -2.56. The molecule has 1 aromatic heterocycles. The second-order valence-corrected chi connectivity index (χ2v) is 8.92. The maximum atomic E-state index is 13.3. The molecule has 12 nitrogen and oxygen atoms in total. The first-order chi connectivity index (χ1) is 18.2. The Morgan fingerprint density at radius 1 is 1.03 bits per heavy atom. The van der Waals surface area contributed by atoms with Crippen molar-refractivity contribution in [2.75, 3.05) is 32.8 Å². The summed E-state index contributed by atoms with van der Waals surface area (Å²) in [4.78, 5) is 61.6. The van der Waals surface area contributed by atoms with Crippen LogP contribution in [0.25, 0.3) is 11.4 Å². The van der Waals surface area contributed by atoms with E-state index in [1.54, 1.807) is 19.1 Å². The van der Waals surface area contributed by atoms with E-state index in [-0.39, 0.29) is 69.1 Å². The molecule has 0 radical (unpaired) electrons. The smallest absolute Gasteiger partial charge is 0.409 e. The minimum Gasteiger partial charge on any atom is -0.481 e. The third-order valence-electron chi connectivity index (χ3n) is 5.69. The molecule has 2 N–H and O–H groups in total. The number of hydrogen-bond acceptors (Lipinski definition) is 8. The van der Waals surface area contributed by atoms with Crippen molar-refractivity contribution in [1.29, 1.82) is 0 Å². The van der Waals surface area contributed by atoms with Crippen molar-refractivity contribution in [3.05, 3.63) is 42.1 Å². The maximum absolute atomic E-state index is 13.3. The number of carboxylic acids is 1. The van der Waals surface area contributed by atoms with Gasteiger partial charge in [0, 0.05) is 44.2 Å². The molecule has 1 aromatic carbocycles. The van der Waals surface area contributed by atoms with E-state index in [4.69, 9.17) is 9.47 Å². The quantitative estimate of drug-likeness (QED) is 0.474. The normalized spacial score (nSPS) is 14.1. The Hall–Kier alpha value is -4.22. The van der Waals surface area contributed by atoms with Crippen molar-refractivity contribution in [2.24, 2.45) is 0 Å². The summed E-state index contributed by atoms with van der Waals surface area (Å²) in [5.41, 5.74) is 0.656. The number of carbonyl (C=O) groups excluding carboxylic acids is 3. The Bertz CT molecular complexity index is 1130. The fourth-order valence-electron chi connectivity index (χ4n) is 3.86. The Morgan fingerprint density at radius 3 is 2.29 bits per heavy atom. The van der Waals surface area contributed by atoms with Gasteiger partial charge in [0.1, 0.15) is 11.7 Å². The van der Waals surface area contributed by atoms with Gasteiger partial charge in [-0.25, -0.2) is 9.78 Å². The zero-order valence-electron chi connectivity index (χ0n) is 21.8. The zero-order chi connectivity index (χ0) is 27.7. The lowest BCUT2D eigenvalue weighted by molar-refractivity contribution is -0.138. The number of nitrogens with one attached hydrogen (secondary N) is 1. The van der Waals surface area contributed by atoms with Crippen LogP contribution in [0, 0.1) is 0 Å². The number of aromatic nitrogens is 2. The Kier molecular flexibility index (Phi) is 9.97. The van der Waals surface area contributed by atoms with Gasteiger partial charge in [-0.3, -0.25) is 14.4 Å². The Balaban J connectivity index is 1.79. The van der Waals surface area contributed by atoms with Gasteiger partial charge in [-0.1, -0.05) is 30.3 Å². The van der Waals surface area contributed by atoms with Crippen molar-refractivity contribution in [3.8, 4) is 17.3 Å². The molecule has 1 saturated heterocycles. The number of amides is 3. The van der Waals surface area contributed by atoms with E-state index in [0.717, 1.165) is 0 Å². The number of hydrogen-bond donors (Lipinski definition) is 2. The van der Waals surface area contributed by atoms with Crippen molar-refractivity contribution in [3.63, 3.8) is 0 Å². The van der Waals surface area contributed by atoms with Crippen LogP contribution in [0.15, 0.2) is 36.4 Å². The molecule has 3 amide bonds. The van der Waals surface area contributed by atoms with Crippen molar-refractivity contribution in [2.45, 2.75) is 45.8 Å². The van der Waals surface area contributed by atoms with E-state index in [1.165, 1.54) is 15.9 Å². The highest BCUT2D eigenvalue weighted by Crippen LogP contribution is 2.20. The predicted octanol–water partition coefficient (Wildman–Crippen LogP) is 2.19. The zero-order valence-corrected chi connectivity index (χ0v) is 21.8. The summed E-state index contributed by atoms with van der Waals surface area (Å²) in [5.74, 6) is -1.71. The molecular weight excluding hydrogens is 494 g/mol. The van der Waals surface area contributed by atoms with Crippen LogP contribution >= 0.6 is 0 Å². The monoisotopic (exact) mass is 527 g/mol. The van der Waals surface area contributed by atoms with Crippen molar-refractivity contribution < 1.29 is 33.8 Å². The summed E-state index contributed by atoms with van der Waals surface area (Å²) in [6.45, 7) is 6.62. The molecule has 1 unspecified atom stereocenters. The molecular formula is C26H33N5O7. The first-order valence-electron chi connectivity index (χ1n) is 12.5. The highest BCUT2D eigenvalue weighted by Gasteiger charge is 2.31. The fourth-order valence-corrected chi connectivity index (χ4v) is 3.86. The van der Waals surface area contributed by atoms with Gasteiger partial charge in [-0.2, -0.15) is 4.98 Å². The van der Waals surface area contributed by atoms with Gasteiger partial charge in [-0.15, -0.1) is 0 Å². The second-order valence-electron chi connectivity index (χ2n) is 8.92. The average Bonchev–Trinajstić information content (AvgIpc) is 2.90. The summed E-state index contributed by atoms with van der Waals surface area (Å²) in [7, 11) is 0. The van der Waals surface area contributed by atoms with Gasteiger partial charge < -0.3 is 29.7 Å².